The molecule has 0 spiro atoms. The molecule has 1 aliphatic rings. The van der Waals surface area contributed by atoms with Crippen LogP contribution in [0, 0.1) is 0 Å². The van der Waals surface area contributed by atoms with E-state index in [1.165, 1.54) is 0 Å². The molecule has 84 valence electrons. The maximum Gasteiger partial charge on any atom is 0.222 e. The molecule has 5 heteroatoms. The van der Waals surface area contributed by atoms with Crippen molar-refractivity contribution < 1.29 is 4.52 Å². The van der Waals surface area contributed by atoms with Crippen LogP contribution < -0.4 is 5.73 Å². The number of halogens is 2. The van der Waals surface area contributed by atoms with Gasteiger partial charge in [0.2, 0.25) is 5.88 Å². The highest BCUT2D eigenvalue weighted by molar-refractivity contribution is 6.36. The quantitative estimate of drug-likeness (QED) is 0.834. The minimum Gasteiger partial charge on any atom is -0.368 e. The Balaban J connectivity index is 2.21. The Morgan fingerprint density at radius 2 is 2.20 bits per heavy atom. The summed E-state index contributed by atoms with van der Waals surface area (Å²) in [4.78, 5) is 0. The van der Waals surface area contributed by atoms with E-state index in [2.05, 4.69) is 12.1 Å². The number of alkyl halides is 2. The summed E-state index contributed by atoms with van der Waals surface area (Å²) in [6.45, 7) is 2.14. The molecule has 0 amide bonds. The molecule has 1 aromatic heterocycles. The Bertz CT molecular complexity index is 345. The summed E-state index contributed by atoms with van der Waals surface area (Å²) < 4.78 is 4.88. The topological polar surface area (TPSA) is 52.0 Å². The molecule has 0 bridgehead atoms. The Kier molecular flexibility index (Phi) is 2.86. The molecule has 2 N–H and O–H groups in total. The van der Waals surface area contributed by atoms with Crippen molar-refractivity contribution in [1.29, 1.82) is 0 Å². The van der Waals surface area contributed by atoms with E-state index < -0.39 is 0 Å². The van der Waals surface area contributed by atoms with E-state index in [4.69, 9.17) is 33.5 Å². The lowest BCUT2D eigenvalue weighted by atomic mass is 9.95. The molecule has 0 saturated heterocycles. The molecule has 15 heavy (non-hydrogen) atoms. The Morgan fingerprint density at radius 3 is 2.60 bits per heavy atom. The molecule has 0 aliphatic heterocycles. The highest BCUT2D eigenvalue weighted by Gasteiger charge is 2.65. The first-order valence-corrected chi connectivity index (χ1v) is 6.01. The number of rotatable bonds is 4. The summed E-state index contributed by atoms with van der Waals surface area (Å²) in [6.07, 6.45) is 3.14. The summed E-state index contributed by atoms with van der Waals surface area (Å²) >= 11 is 12.4. The normalized spacial score (nSPS) is 34.3. The fourth-order valence-corrected chi connectivity index (χ4v) is 3.10. The number of anilines is 1. The standard InChI is InChI=1S/C10H14Cl2N2O/c1-2-3-4-10(8(11)9(10)12)6-5-7(13)15-14-6/h5,8-9H,2-4,13H2,1H3. The molecule has 2 atom stereocenters. The minimum absolute atomic E-state index is 0.0600. The first kappa shape index (κ1) is 11.1. The largest absolute Gasteiger partial charge is 0.368 e. The molecule has 1 saturated carbocycles. The first-order valence-electron chi connectivity index (χ1n) is 5.13. The van der Waals surface area contributed by atoms with Gasteiger partial charge in [-0.15, -0.1) is 23.2 Å². The van der Waals surface area contributed by atoms with E-state index in [0.29, 0.717) is 5.88 Å². The highest BCUT2D eigenvalue weighted by atomic mass is 35.5. The molecule has 1 aliphatic carbocycles. The van der Waals surface area contributed by atoms with Crippen LogP contribution in [0.25, 0.3) is 0 Å². The maximum atomic E-state index is 6.18. The van der Waals surface area contributed by atoms with Gasteiger partial charge in [0, 0.05) is 6.07 Å². The number of nitrogens with zero attached hydrogens (tertiary/aromatic N) is 1. The van der Waals surface area contributed by atoms with Gasteiger partial charge >= 0.3 is 0 Å². The maximum absolute atomic E-state index is 6.18. The summed E-state index contributed by atoms with van der Waals surface area (Å²) in [5, 5.41) is 3.81. The Morgan fingerprint density at radius 1 is 1.53 bits per heavy atom. The SMILES string of the molecule is CCCCC1(c2cc(N)on2)C(Cl)C1Cl. The van der Waals surface area contributed by atoms with Crippen molar-refractivity contribution in [1.82, 2.24) is 5.16 Å². The van der Waals surface area contributed by atoms with E-state index >= 15 is 0 Å². The zero-order valence-electron chi connectivity index (χ0n) is 8.54. The van der Waals surface area contributed by atoms with Crippen molar-refractivity contribution in [3.63, 3.8) is 0 Å². The molecule has 2 rings (SSSR count). The van der Waals surface area contributed by atoms with E-state index in [1.807, 2.05) is 0 Å². The zero-order valence-corrected chi connectivity index (χ0v) is 10.1. The van der Waals surface area contributed by atoms with Gasteiger partial charge in [0.1, 0.15) is 0 Å². The third kappa shape index (κ3) is 1.62. The zero-order chi connectivity index (χ0) is 11.1. The number of nitrogen functional groups attached to an aromatic ring is 1. The molecule has 1 fully saturated rings. The summed E-state index contributed by atoms with van der Waals surface area (Å²) in [5.74, 6) is 0.320. The van der Waals surface area contributed by atoms with Crippen LogP contribution in [-0.4, -0.2) is 15.9 Å². The van der Waals surface area contributed by atoms with E-state index in [-0.39, 0.29) is 16.2 Å². The Labute approximate surface area is 98.9 Å². The van der Waals surface area contributed by atoms with E-state index in [0.717, 1.165) is 25.0 Å². The third-order valence-electron chi connectivity index (χ3n) is 3.08. The van der Waals surface area contributed by atoms with Crippen molar-refractivity contribution in [2.75, 3.05) is 5.73 Å². The summed E-state index contributed by atoms with van der Waals surface area (Å²) in [7, 11) is 0. The van der Waals surface area contributed by atoms with Crippen LogP contribution in [-0.2, 0) is 5.41 Å². The fourth-order valence-electron chi connectivity index (χ4n) is 2.01. The Hall–Kier alpha value is -0.410. The second-order valence-corrected chi connectivity index (χ2v) is 5.00. The molecule has 2 unspecified atom stereocenters. The molecule has 3 nitrogen and oxygen atoms in total. The minimum atomic E-state index is -0.222. The third-order valence-corrected chi connectivity index (χ3v) is 4.49. The van der Waals surface area contributed by atoms with Crippen LogP contribution in [0.5, 0.6) is 0 Å². The van der Waals surface area contributed by atoms with Crippen LogP contribution >= 0.6 is 23.2 Å². The molecule has 1 heterocycles. The van der Waals surface area contributed by atoms with Crippen LogP contribution in [0.1, 0.15) is 31.9 Å². The summed E-state index contributed by atoms with van der Waals surface area (Å²) in [6, 6.07) is 1.73. The van der Waals surface area contributed by atoms with Crippen molar-refractivity contribution in [3.8, 4) is 0 Å². The highest BCUT2D eigenvalue weighted by Crippen LogP contribution is 2.58. The number of aromatic nitrogens is 1. The fraction of sp³-hybridized carbons (Fsp3) is 0.700. The van der Waals surface area contributed by atoms with Crippen molar-refractivity contribution in [2.24, 2.45) is 0 Å². The summed E-state index contributed by atoms with van der Waals surface area (Å²) in [5.41, 5.74) is 6.08. The monoisotopic (exact) mass is 248 g/mol. The van der Waals surface area contributed by atoms with Gasteiger partial charge in [-0.1, -0.05) is 24.9 Å². The van der Waals surface area contributed by atoms with E-state index in [1.54, 1.807) is 6.07 Å². The number of nitrogens with two attached hydrogens (primary N) is 1. The second kappa shape index (κ2) is 3.87. The van der Waals surface area contributed by atoms with Gasteiger partial charge in [0.05, 0.1) is 21.9 Å². The molecule has 0 radical (unpaired) electrons. The first-order chi connectivity index (χ1) is 7.13. The average molecular weight is 249 g/mol. The molecule has 1 aromatic rings. The lowest BCUT2D eigenvalue weighted by molar-refractivity contribution is 0.411. The average Bonchev–Trinajstić information content (AvgIpc) is 2.62. The number of unbranched alkanes of at least 4 members (excludes halogenated alkanes) is 1. The van der Waals surface area contributed by atoms with Gasteiger partial charge in [-0.05, 0) is 6.42 Å². The van der Waals surface area contributed by atoms with Gasteiger partial charge in [0.25, 0.3) is 0 Å². The molecular weight excluding hydrogens is 235 g/mol. The van der Waals surface area contributed by atoms with Gasteiger partial charge in [0.15, 0.2) is 0 Å². The predicted octanol–water partition coefficient (Wildman–Crippen LogP) is 2.91. The van der Waals surface area contributed by atoms with Crippen molar-refractivity contribution in [3.05, 3.63) is 11.8 Å². The van der Waals surface area contributed by atoms with Gasteiger partial charge in [-0.2, -0.15) is 0 Å². The second-order valence-electron chi connectivity index (χ2n) is 4.06. The van der Waals surface area contributed by atoms with Crippen LogP contribution in [0.2, 0.25) is 0 Å². The van der Waals surface area contributed by atoms with E-state index in [9.17, 15) is 0 Å². The van der Waals surface area contributed by atoms with Gasteiger partial charge in [-0.3, -0.25) is 0 Å². The number of hydrogen-bond acceptors (Lipinski definition) is 3. The molecular formula is C10H14Cl2N2O. The smallest absolute Gasteiger partial charge is 0.222 e. The van der Waals surface area contributed by atoms with Crippen LogP contribution in [0.4, 0.5) is 5.88 Å². The van der Waals surface area contributed by atoms with Crippen LogP contribution in [0.3, 0.4) is 0 Å². The van der Waals surface area contributed by atoms with Gasteiger partial charge in [-0.25, -0.2) is 0 Å². The van der Waals surface area contributed by atoms with Crippen molar-refractivity contribution in [2.45, 2.75) is 42.4 Å². The number of hydrogen-bond donors (Lipinski definition) is 1. The lowest BCUT2D eigenvalue weighted by Crippen LogP contribution is -2.13. The van der Waals surface area contributed by atoms with Gasteiger partial charge < -0.3 is 10.3 Å². The molecule has 0 aromatic carbocycles. The predicted molar refractivity (Wildman–Crippen MR) is 61.4 cm³/mol. The lowest BCUT2D eigenvalue weighted by Gasteiger charge is -2.11. The van der Waals surface area contributed by atoms with Crippen LogP contribution in [0.15, 0.2) is 10.6 Å². The van der Waals surface area contributed by atoms with Crippen molar-refractivity contribution >= 4 is 29.1 Å².